The zero-order valence-corrected chi connectivity index (χ0v) is 26.1. The minimum atomic E-state index is 0.0870. The smallest absolute Gasteiger partial charge is 0.0919 e. The third-order valence-corrected chi connectivity index (χ3v) is 8.43. The summed E-state index contributed by atoms with van der Waals surface area (Å²) in [6, 6.07) is 0.0870. The van der Waals surface area contributed by atoms with Gasteiger partial charge in [-0.15, -0.1) is 0 Å². The minimum Gasteiger partial charge on any atom is -0.151 e. The Labute approximate surface area is 235 Å². The predicted octanol–water partition coefficient (Wildman–Crippen LogP) is 13.6. The van der Waals surface area contributed by atoms with Crippen molar-refractivity contribution in [2.24, 2.45) is 5.18 Å². The fourth-order valence-corrected chi connectivity index (χ4v) is 5.75. The van der Waals surface area contributed by atoms with Crippen molar-refractivity contribution >= 4 is 0 Å². The molecule has 222 valence electrons. The largest absolute Gasteiger partial charge is 0.151 e. The maximum absolute atomic E-state index is 11.2. The van der Waals surface area contributed by atoms with Gasteiger partial charge in [0.15, 0.2) is 0 Å². The van der Waals surface area contributed by atoms with Crippen LogP contribution in [0.15, 0.2) is 5.18 Å². The van der Waals surface area contributed by atoms with Crippen molar-refractivity contribution in [1.29, 1.82) is 0 Å². The summed E-state index contributed by atoms with van der Waals surface area (Å²) in [5, 5.41) is 3.44. The Bertz CT molecular complexity index is 376. The van der Waals surface area contributed by atoms with Gasteiger partial charge < -0.3 is 0 Å². The van der Waals surface area contributed by atoms with E-state index in [4.69, 9.17) is 0 Å². The molecule has 0 fully saturated rings. The van der Waals surface area contributed by atoms with Crippen LogP contribution in [0.5, 0.6) is 0 Å². The van der Waals surface area contributed by atoms with Gasteiger partial charge in [0, 0.05) is 0 Å². The third-order valence-electron chi connectivity index (χ3n) is 8.43. The van der Waals surface area contributed by atoms with Gasteiger partial charge >= 0.3 is 0 Å². The monoisotopic (exact) mass is 522 g/mol. The molecule has 0 saturated carbocycles. The van der Waals surface area contributed by atoms with Crippen LogP contribution in [0.4, 0.5) is 0 Å². The van der Waals surface area contributed by atoms with Gasteiger partial charge in [0.1, 0.15) is 0 Å². The molecule has 2 nitrogen and oxygen atoms in total. The highest BCUT2D eigenvalue weighted by Gasteiger charge is 2.08. The fraction of sp³-hybridized carbons (Fsp3) is 1.00. The van der Waals surface area contributed by atoms with Crippen LogP contribution in [-0.4, -0.2) is 6.04 Å². The van der Waals surface area contributed by atoms with Crippen molar-refractivity contribution in [3.05, 3.63) is 4.91 Å². The summed E-state index contributed by atoms with van der Waals surface area (Å²) in [5.41, 5.74) is 0. The van der Waals surface area contributed by atoms with Gasteiger partial charge in [0.2, 0.25) is 0 Å². The van der Waals surface area contributed by atoms with Gasteiger partial charge in [-0.25, -0.2) is 0 Å². The third kappa shape index (κ3) is 31.7. The first kappa shape index (κ1) is 36.6. The van der Waals surface area contributed by atoms with Crippen LogP contribution >= 0.6 is 0 Å². The average Bonchev–Trinajstić information content (AvgIpc) is 2.91. The number of unbranched alkanes of at least 4 members (excludes halogenated alkanes) is 28. The second kappa shape index (κ2) is 33.6. The van der Waals surface area contributed by atoms with Crippen molar-refractivity contribution in [2.75, 3.05) is 0 Å². The van der Waals surface area contributed by atoms with Crippen LogP contribution in [0.2, 0.25) is 0 Å². The number of rotatable bonds is 33. The van der Waals surface area contributed by atoms with Crippen LogP contribution in [-0.2, 0) is 0 Å². The Balaban J connectivity index is 3.26. The number of nitroso groups, excluding NO2 is 1. The van der Waals surface area contributed by atoms with E-state index in [2.05, 4.69) is 19.0 Å². The normalized spacial score (nSPS) is 11.5. The molecule has 0 atom stereocenters. The van der Waals surface area contributed by atoms with Crippen LogP contribution in [0.25, 0.3) is 0 Å². The van der Waals surface area contributed by atoms with Crippen LogP contribution < -0.4 is 0 Å². The Morgan fingerprint density at radius 2 is 0.514 bits per heavy atom. The van der Waals surface area contributed by atoms with Gasteiger partial charge in [-0.3, -0.25) is 0 Å². The molecule has 2 heteroatoms. The molecular formula is C35H71NO. The zero-order valence-electron chi connectivity index (χ0n) is 26.1. The first-order valence-electron chi connectivity index (χ1n) is 17.7. The van der Waals surface area contributed by atoms with Crippen molar-refractivity contribution in [1.82, 2.24) is 0 Å². The van der Waals surface area contributed by atoms with Gasteiger partial charge in [-0.1, -0.05) is 212 Å². The van der Waals surface area contributed by atoms with E-state index in [1.54, 1.807) is 0 Å². The predicted molar refractivity (Wildman–Crippen MR) is 169 cm³/mol. The second-order valence-corrected chi connectivity index (χ2v) is 12.2. The molecule has 0 aliphatic rings. The first-order chi connectivity index (χ1) is 18.3. The van der Waals surface area contributed by atoms with Gasteiger partial charge in [-0.05, 0) is 12.8 Å². The van der Waals surface area contributed by atoms with E-state index in [-0.39, 0.29) is 6.04 Å². The number of hydrogen-bond acceptors (Lipinski definition) is 2. The number of hydrogen-bond donors (Lipinski definition) is 0. The van der Waals surface area contributed by atoms with Crippen molar-refractivity contribution < 1.29 is 0 Å². The zero-order chi connectivity index (χ0) is 26.9. The summed E-state index contributed by atoms with van der Waals surface area (Å²) < 4.78 is 0. The molecule has 0 amide bonds. The highest BCUT2D eigenvalue weighted by molar-refractivity contribution is 4.66. The molecule has 0 N–H and O–H groups in total. The van der Waals surface area contributed by atoms with E-state index < -0.39 is 0 Å². The van der Waals surface area contributed by atoms with Crippen molar-refractivity contribution in [3.8, 4) is 0 Å². The second-order valence-electron chi connectivity index (χ2n) is 12.2. The maximum atomic E-state index is 11.2. The Hall–Kier alpha value is -0.400. The lowest BCUT2D eigenvalue weighted by Crippen LogP contribution is -2.03. The summed E-state index contributed by atoms with van der Waals surface area (Å²) >= 11 is 0. The van der Waals surface area contributed by atoms with Crippen molar-refractivity contribution in [3.63, 3.8) is 0 Å². The Morgan fingerprint density at radius 1 is 0.324 bits per heavy atom. The first-order valence-corrected chi connectivity index (χ1v) is 17.7. The molecular weight excluding hydrogens is 450 g/mol. The lowest BCUT2D eigenvalue weighted by Gasteiger charge is -2.09. The SMILES string of the molecule is CCCCCCCCCCCCCCCCCC(CCCCCCCCCCCCCCCCC)N=O. The van der Waals surface area contributed by atoms with Gasteiger partial charge in [-0.2, -0.15) is 4.91 Å². The molecule has 0 aromatic carbocycles. The summed E-state index contributed by atoms with van der Waals surface area (Å²) in [5.74, 6) is 0. The Kier molecular flexibility index (Phi) is 33.3. The van der Waals surface area contributed by atoms with Crippen molar-refractivity contribution in [2.45, 2.75) is 225 Å². The van der Waals surface area contributed by atoms with E-state index in [1.807, 2.05) is 0 Å². The highest BCUT2D eigenvalue weighted by atomic mass is 16.3. The maximum Gasteiger partial charge on any atom is 0.0919 e. The molecule has 0 spiro atoms. The Morgan fingerprint density at radius 3 is 0.703 bits per heavy atom. The molecule has 0 heterocycles. The molecule has 0 bridgehead atoms. The van der Waals surface area contributed by atoms with E-state index in [9.17, 15) is 4.91 Å². The number of nitrogens with zero attached hydrogens (tertiary/aromatic N) is 1. The molecule has 37 heavy (non-hydrogen) atoms. The topological polar surface area (TPSA) is 29.4 Å². The molecule has 0 aliphatic carbocycles. The quantitative estimate of drug-likeness (QED) is 0.0623. The van der Waals surface area contributed by atoms with E-state index in [1.165, 1.54) is 193 Å². The summed E-state index contributed by atoms with van der Waals surface area (Å²) in [7, 11) is 0. The molecule has 0 radical (unpaired) electrons. The molecule has 0 unspecified atom stereocenters. The van der Waals surface area contributed by atoms with Crippen LogP contribution in [0.1, 0.15) is 219 Å². The molecule has 0 aromatic rings. The fourth-order valence-electron chi connectivity index (χ4n) is 5.75. The summed E-state index contributed by atoms with van der Waals surface area (Å²) in [6.07, 6.45) is 44.0. The van der Waals surface area contributed by atoms with Gasteiger partial charge in [0.25, 0.3) is 0 Å². The summed E-state index contributed by atoms with van der Waals surface area (Å²) in [4.78, 5) is 11.2. The molecule has 0 aliphatic heterocycles. The summed E-state index contributed by atoms with van der Waals surface area (Å²) in [6.45, 7) is 4.59. The average molecular weight is 522 g/mol. The molecule has 0 aromatic heterocycles. The standard InChI is InChI=1S/C35H71NO/c1-3-5-7-9-11-13-15-17-19-21-23-25-27-29-31-33-35(36-37)34-32-30-28-26-24-22-20-18-16-14-12-10-8-6-4-2/h35H,3-34H2,1-2H3. The van der Waals surface area contributed by atoms with E-state index in [0.717, 1.165) is 12.8 Å². The van der Waals surface area contributed by atoms with E-state index >= 15 is 0 Å². The molecule has 0 saturated heterocycles. The highest BCUT2D eigenvalue weighted by Crippen LogP contribution is 2.18. The lowest BCUT2D eigenvalue weighted by atomic mass is 10.00. The van der Waals surface area contributed by atoms with E-state index in [0.29, 0.717) is 0 Å². The van der Waals surface area contributed by atoms with Gasteiger partial charge in [0.05, 0.1) is 6.04 Å². The van der Waals surface area contributed by atoms with Crippen LogP contribution in [0, 0.1) is 4.91 Å². The lowest BCUT2D eigenvalue weighted by molar-refractivity contribution is 0.477. The van der Waals surface area contributed by atoms with Crippen LogP contribution in [0.3, 0.4) is 0 Å². The molecule has 0 rings (SSSR count). The minimum absolute atomic E-state index is 0.0870.